The highest BCUT2D eigenvalue weighted by molar-refractivity contribution is 6.33. The van der Waals surface area contributed by atoms with Gasteiger partial charge in [-0.15, -0.1) is 0 Å². The summed E-state index contributed by atoms with van der Waals surface area (Å²) in [5, 5.41) is 7.54. The van der Waals surface area contributed by atoms with Gasteiger partial charge in [0, 0.05) is 13.1 Å². The van der Waals surface area contributed by atoms with Gasteiger partial charge in [0.25, 0.3) is 0 Å². The van der Waals surface area contributed by atoms with Crippen LogP contribution >= 0.6 is 23.2 Å². The number of hydrogen-bond acceptors (Lipinski definition) is 4. The van der Waals surface area contributed by atoms with E-state index in [1.54, 1.807) is 24.0 Å². The first-order chi connectivity index (χ1) is 7.16. The molecule has 0 atom stereocenters. The molecule has 0 fully saturated rings. The largest absolute Gasteiger partial charge is 0.324 e. The molecule has 0 aromatic carbocycles. The maximum Gasteiger partial charge on any atom is 0.224 e. The van der Waals surface area contributed by atoms with Crippen LogP contribution in [0.15, 0.2) is 18.5 Å². The van der Waals surface area contributed by atoms with Crippen LogP contribution in [0.5, 0.6) is 0 Å². The second kappa shape index (κ2) is 4.04. The van der Waals surface area contributed by atoms with E-state index in [1.807, 2.05) is 0 Å². The van der Waals surface area contributed by atoms with Crippen molar-refractivity contribution in [2.45, 2.75) is 0 Å². The molecule has 0 saturated heterocycles. The molecule has 0 bridgehead atoms. The van der Waals surface area contributed by atoms with Gasteiger partial charge in [-0.2, -0.15) is 10.1 Å². The third-order valence-electron chi connectivity index (χ3n) is 1.78. The Balaban J connectivity index is 2.32. The van der Waals surface area contributed by atoms with E-state index >= 15 is 0 Å². The molecule has 2 aromatic rings. The fourth-order valence-electron chi connectivity index (χ4n) is 1.05. The molecule has 0 radical (unpaired) electrons. The maximum absolute atomic E-state index is 5.89. The highest BCUT2D eigenvalue weighted by Gasteiger charge is 2.06. The summed E-state index contributed by atoms with van der Waals surface area (Å²) in [5.41, 5.74) is 0. The molecule has 2 rings (SSSR count). The molecule has 15 heavy (non-hydrogen) atoms. The van der Waals surface area contributed by atoms with Crippen molar-refractivity contribution in [3.05, 3.63) is 28.8 Å². The highest BCUT2D eigenvalue weighted by atomic mass is 35.5. The van der Waals surface area contributed by atoms with Crippen LogP contribution in [0.3, 0.4) is 0 Å². The summed E-state index contributed by atoms with van der Waals surface area (Å²) in [6.45, 7) is 0. The molecule has 0 saturated carbocycles. The lowest BCUT2D eigenvalue weighted by molar-refractivity contribution is 0.776. The summed E-state index contributed by atoms with van der Waals surface area (Å²) >= 11 is 11.5. The van der Waals surface area contributed by atoms with Crippen molar-refractivity contribution in [3.8, 4) is 0 Å². The fourth-order valence-corrected chi connectivity index (χ4v) is 1.32. The Morgan fingerprint density at radius 2 is 2.20 bits per heavy atom. The van der Waals surface area contributed by atoms with Gasteiger partial charge >= 0.3 is 0 Å². The number of halogens is 2. The van der Waals surface area contributed by atoms with E-state index in [2.05, 4.69) is 20.4 Å². The van der Waals surface area contributed by atoms with Gasteiger partial charge in [0.2, 0.25) is 5.28 Å². The summed E-state index contributed by atoms with van der Waals surface area (Å²) in [5.74, 6) is 1.23. The van der Waals surface area contributed by atoms with Crippen LogP contribution in [0.4, 0.5) is 11.6 Å². The van der Waals surface area contributed by atoms with Crippen LogP contribution in [0.2, 0.25) is 10.3 Å². The van der Waals surface area contributed by atoms with E-state index < -0.39 is 0 Å². The number of aromatic nitrogens is 4. The molecule has 2 aromatic heterocycles. The van der Waals surface area contributed by atoms with Gasteiger partial charge in [-0.05, 0) is 11.6 Å². The van der Waals surface area contributed by atoms with Gasteiger partial charge < -0.3 is 5.32 Å². The number of rotatable bonds is 2. The van der Waals surface area contributed by atoms with Crippen molar-refractivity contribution >= 4 is 34.8 Å². The third kappa shape index (κ3) is 2.19. The summed E-state index contributed by atoms with van der Waals surface area (Å²) in [4.78, 5) is 7.71. The molecule has 2 heterocycles. The molecule has 7 heteroatoms. The van der Waals surface area contributed by atoms with E-state index in [9.17, 15) is 0 Å². The van der Waals surface area contributed by atoms with Crippen molar-refractivity contribution in [1.29, 1.82) is 0 Å². The molecule has 0 spiro atoms. The quantitative estimate of drug-likeness (QED) is 0.823. The summed E-state index contributed by atoms with van der Waals surface area (Å²) < 4.78 is 1.66. The number of nitrogens with zero attached hydrogens (tertiary/aromatic N) is 4. The predicted molar refractivity (Wildman–Crippen MR) is 58.5 cm³/mol. The van der Waals surface area contributed by atoms with Gasteiger partial charge in [-0.3, -0.25) is 4.68 Å². The van der Waals surface area contributed by atoms with E-state index in [1.165, 1.54) is 6.20 Å². The van der Waals surface area contributed by atoms with Gasteiger partial charge in [-0.1, -0.05) is 11.6 Å². The van der Waals surface area contributed by atoms with Crippen molar-refractivity contribution in [2.24, 2.45) is 7.05 Å². The van der Waals surface area contributed by atoms with Crippen LogP contribution in [0, 0.1) is 0 Å². The molecular weight excluding hydrogens is 237 g/mol. The minimum atomic E-state index is 0.143. The highest BCUT2D eigenvalue weighted by Crippen LogP contribution is 2.22. The molecule has 0 unspecified atom stereocenters. The molecule has 0 amide bonds. The topological polar surface area (TPSA) is 55.6 Å². The maximum atomic E-state index is 5.89. The normalized spacial score (nSPS) is 10.3. The molecular formula is C8H7Cl2N5. The number of hydrogen-bond donors (Lipinski definition) is 1. The summed E-state index contributed by atoms with van der Waals surface area (Å²) in [6.07, 6.45) is 3.11. The lowest BCUT2D eigenvalue weighted by Crippen LogP contribution is -2.01. The monoisotopic (exact) mass is 243 g/mol. The van der Waals surface area contributed by atoms with Gasteiger partial charge in [0.15, 0.2) is 5.82 Å². The standard InChI is InChI=1S/C8H7Cl2N5/c1-15-6(2-3-12-15)13-7-5(9)4-11-8(10)14-7/h2-4H,1H3,(H,11,13,14). The van der Waals surface area contributed by atoms with Crippen molar-refractivity contribution < 1.29 is 0 Å². The van der Waals surface area contributed by atoms with Crippen LogP contribution in [-0.4, -0.2) is 19.7 Å². The van der Waals surface area contributed by atoms with Gasteiger partial charge in [0.1, 0.15) is 10.8 Å². The number of nitrogens with one attached hydrogen (secondary N) is 1. The zero-order valence-corrected chi connectivity index (χ0v) is 9.29. The first-order valence-electron chi connectivity index (χ1n) is 4.10. The predicted octanol–water partition coefficient (Wildman–Crippen LogP) is 2.26. The van der Waals surface area contributed by atoms with Crippen LogP contribution in [0.25, 0.3) is 0 Å². The van der Waals surface area contributed by atoms with Gasteiger partial charge in [-0.25, -0.2) is 4.98 Å². The van der Waals surface area contributed by atoms with E-state index in [-0.39, 0.29) is 5.28 Å². The Bertz CT molecular complexity index is 482. The summed E-state index contributed by atoms with van der Waals surface area (Å²) in [6, 6.07) is 1.80. The fraction of sp³-hybridized carbons (Fsp3) is 0.125. The zero-order chi connectivity index (χ0) is 10.8. The zero-order valence-electron chi connectivity index (χ0n) is 7.78. The Labute approximate surface area is 96.1 Å². The summed E-state index contributed by atoms with van der Waals surface area (Å²) in [7, 11) is 1.80. The van der Waals surface area contributed by atoms with Crippen LogP contribution in [0.1, 0.15) is 0 Å². The smallest absolute Gasteiger partial charge is 0.224 e. The first kappa shape index (κ1) is 10.2. The Morgan fingerprint density at radius 1 is 1.40 bits per heavy atom. The minimum absolute atomic E-state index is 0.143. The van der Waals surface area contributed by atoms with Crippen molar-refractivity contribution in [2.75, 3.05) is 5.32 Å². The molecule has 5 nitrogen and oxygen atoms in total. The lowest BCUT2D eigenvalue weighted by Gasteiger charge is -2.06. The molecule has 0 aliphatic rings. The molecule has 1 N–H and O–H groups in total. The third-order valence-corrected chi connectivity index (χ3v) is 2.24. The SMILES string of the molecule is Cn1nccc1Nc1nc(Cl)ncc1Cl. The van der Waals surface area contributed by atoms with E-state index in [4.69, 9.17) is 23.2 Å². The van der Waals surface area contributed by atoms with Crippen LogP contribution < -0.4 is 5.32 Å². The average Bonchev–Trinajstić information content (AvgIpc) is 2.58. The van der Waals surface area contributed by atoms with Crippen LogP contribution in [-0.2, 0) is 7.05 Å². The Hall–Kier alpha value is -1.33. The average molecular weight is 244 g/mol. The lowest BCUT2D eigenvalue weighted by atomic mass is 10.5. The van der Waals surface area contributed by atoms with Gasteiger partial charge in [0.05, 0.1) is 12.4 Å². The van der Waals surface area contributed by atoms with E-state index in [0.29, 0.717) is 10.8 Å². The second-order valence-electron chi connectivity index (χ2n) is 2.80. The minimum Gasteiger partial charge on any atom is -0.324 e. The molecule has 0 aliphatic carbocycles. The first-order valence-corrected chi connectivity index (χ1v) is 4.85. The Morgan fingerprint density at radius 3 is 2.87 bits per heavy atom. The second-order valence-corrected chi connectivity index (χ2v) is 3.55. The van der Waals surface area contributed by atoms with Crippen molar-refractivity contribution in [3.63, 3.8) is 0 Å². The Kier molecular flexibility index (Phi) is 2.75. The number of anilines is 2. The molecule has 78 valence electrons. The van der Waals surface area contributed by atoms with E-state index in [0.717, 1.165) is 5.82 Å². The number of aryl methyl sites for hydroxylation is 1. The van der Waals surface area contributed by atoms with Crippen molar-refractivity contribution in [1.82, 2.24) is 19.7 Å². The molecule has 0 aliphatic heterocycles.